The van der Waals surface area contributed by atoms with E-state index < -0.39 is 6.03 Å². The van der Waals surface area contributed by atoms with Gasteiger partial charge in [-0.1, -0.05) is 42.3 Å². The third-order valence-electron chi connectivity index (χ3n) is 1.33. The number of nitrogens with one attached hydrogen (secondary N) is 2. The van der Waals surface area contributed by atoms with Crippen molar-refractivity contribution >= 4 is 18.0 Å². The molecule has 4 N–H and O–H groups in total. The van der Waals surface area contributed by atoms with Crippen LogP contribution in [0.2, 0.25) is 0 Å². The highest BCUT2D eigenvalue weighted by Gasteiger charge is 1.92. The van der Waals surface area contributed by atoms with Crippen LogP contribution in [0.15, 0.2) is 30.3 Å². The van der Waals surface area contributed by atoms with Crippen LogP contribution in [0.25, 0.3) is 0 Å². The first kappa shape index (κ1) is 9.88. The number of carbonyl (C=O) groups is 1. The van der Waals surface area contributed by atoms with Crippen molar-refractivity contribution in [2.75, 3.05) is 0 Å². The Kier molecular flexibility index (Phi) is 4.14. The Morgan fingerprint density at radius 1 is 1.38 bits per heavy atom. The van der Waals surface area contributed by atoms with Gasteiger partial charge < -0.3 is 5.73 Å². The van der Waals surface area contributed by atoms with Gasteiger partial charge in [0.2, 0.25) is 0 Å². The summed E-state index contributed by atoms with van der Waals surface area (Å²) in [5.74, 6) is 0.779. The highest BCUT2D eigenvalue weighted by molar-refractivity contribution is 7.96. The number of hydrogen-bond donors (Lipinski definition) is 3. The largest absolute Gasteiger partial charge is 0.351 e. The van der Waals surface area contributed by atoms with Crippen molar-refractivity contribution in [2.45, 2.75) is 5.75 Å². The monoisotopic (exact) mass is 197 g/mol. The molecule has 1 aromatic rings. The molecule has 5 heteroatoms. The first-order chi connectivity index (χ1) is 6.29. The van der Waals surface area contributed by atoms with E-state index in [2.05, 4.69) is 10.3 Å². The van der Waals surface area contributed by atoms with Crippen LogP contribution in [0.1, 0.15) is 5.56 Å². The number of carbonyl (C=O) groups excluding carboxylic acids is 1. The van der Waals surface area contributed by atoms with Gasteiger partial charge in [0.25, 0.3) is 0 Å². The van der Waals surface area contributed by atoms with E-state index in [9.17, 15) is 4.79 Å². The van der Waals surface area contributed by atoms with E-state index in [1.54, 1.807) is 0 Å². The summed E-state index contributed by atoms with van der Waals surface area (Å²) in [5.41, 5.74) is 8.30. The lowest BCUT2D eigenvalue weighted by atomic mass is 10.2. The van der Waals surface area contributed by atoms with Gasteiger partial charge >= 0.3 is 6.03 Å². The molecule has 0 fully saturated rings. The zero-order chi connectivity index (χ0) is 9.52. The molecule has 0 aliphatic heterocycles. The summed E-state index contributed by atoms with van der Waals surface area (Å²) in [4.78, 5) is 12.9. The van der Waals surface area contributed by atoms with Gasteiger partial charge in [0.15, 0.2) is 0 Å². The van der Waals surface area contributed by atoms with Crippen LogP contribution in [0.4, 0.5) is 4.79 Å². The summed E-state index contributed by atoms with van der Waals surface area (Å²) in [6.07, 6.45) is 0. The highest BCUT2D eigenvalue weighted by Crippen LogP contribution is 2.06. The molecule has 0 atom stereocenters. The molecule has 0 spiro atoms. The van der Waals surface area contributed by atoms with Crippen LogP contribution in [0.5, 0.6) is 0 Å². The van der Waals surface area contributed by atoms with Crippen LogP contribution >= 0.6 is 11.9 Å². The quantitative estimate of drug-likeness (QED) is 0.383. The Hall–Kier alpha value is -1.20. The van der Waals surface area contributed by atoms with Gasteiger partial charge in [-0.2, -0.15) is 4.83 Å². The van der Waals surface area contributed by atoms with Gasteiger partial charge in [-0.25, -0.2) is 4.79 Å². The van der Waals surface area contributed by atoms with E-state index in [4.69, 9.17) is 5.73 Å². The SMILES string of the molecule is NC(=O)NNSCc1ccccc1. The number of benzene rings is 1. The van der Waals surface area contributed by atoms with Gasteiger partial charge in [-0.3, -0.25) is 5.43 Å². The molecule has 0 radical (unpaired) electrons. The van der Waals surface area contributed by atoms with Crippen molar-refractivity contribution in [1.82, 2.24) is 10.3 Å². The number of hydrogen-bond acceptors (Lipinski definition) is 3. The number of nitrogens with two attached hydrogens (primary N) is 1. The summed E-state index contributed by atoms with van der Waals surface area (Å²) in [7, 11) is 0. The number of hydrazine groups is 1. The fourth-order valence-corrected chi connectivity index (χ4v) is 1.38. The summed E-state index contributed by atoms with van der Waals surface area (Å²) < 4.78 is 0. The van der Waals surface area contributed by atoms with E-state index in [0.717, 1.165) is 5.75 Å². The summed E-state index contributed by atoms with van der Waals surface area (Å²) >= 11 is 1.37. The molecule has 13 heavy (non-hydrogen) atoms. The molecule has 70 valence electrons. The first-order valence-electron chi connectivity index (χ1n) is 3.75. The molecule has 0 aromatic heterocycles. The van der Waals surface area contributed by atoms with Crippen molar-refractivity contribution in [3.8, 4) is 0 Å². The molecule has 4 nitrogen and oxygen atoms in total. The zero-order valence-electron chi connectivity index (χ0n) is 6.99. The zero-order valence-corrected chi connectivity index (χ0v) is 7.80. The van der Waals surface area contributed by atoms with Crippen LogP contribution in [0, 0.1) is 0 Å². The van der Waals surface area contributed by atoms with Crippen LogP contribution in [0.3, 0.4) is 0 Å². The third-order valence-corrected chi connectivity index (χ3v) is 2.05. The summed E-state index contributed by atoms with van der Waals surface area (Å²) in [5, 5.41) is 0. The first-order valence-corrected chi connectivity index (χ1v) is 4.74. The Balaban J connectivity index is 2.17. The van der Waals surface area contributed by atoms with Gasteiger partial charge in [-0.05, 0) is 5.56 Å². The number of amides is 2. The average molecular weight is 197 g/mol. The average Bonchev–Trinajstić information content (AvgIpc) is 2.14. The second kappa shape index (κ2) is 5.45. The van der Waals surface area contributed by atoms with Crippen molar-refractivity contribution in [3.05, 3.63) is 35.9 Å². The minimum absolute atomic E-state index is 0.583. The minimum Gasteiger partial charge on any atom is -0.351 e. The van der Waals surface area contributed by atoms with Gasteiger partial charge in [0.05, 0.1) is 0 Å². The lowest BCUT2D eigenvalue weighted by molar-refractivity contribution is 0.248. The van der Waals surface area contributed by atoms with Crippen molar-refractivity contribution in [1.29, 1.82) is 0 Å². The van der Waals surface area contributed by atoms with E-state index in [-0.39, 0.29) is 0 Å². The van der Waals surface area contributed by atoms with Gasteiger partial charge in [0.1, 0.15) is 0 Å². The Morgan fingerprint density at radius 3 is 2.69 bits per heavy atom. The Morgan fingerprint density at radius 2 is 2.08 bits per heavy atom. The molecular weight excluding hydrogens is 186 g/mol. The maximum Gasteiger partial charge on any atom is 0.327 e. The van der Waals surface area contributed by atoms with E-state index in [1.807, 2.05) is 30.3 Å². The number of rotatable bonds is 4. The summed E-state index contributed by atoms with van der Waals surface area (Å²) in [6, 6.07) is 9.34. The van der Waals surface area contributed by atoms with Crippen LogP contribution in [-0.4, -0.2) is 6.03 Å². The smallest absolute Gasteiger partial charge is 0.327 e. The number of primary amides is 1. The number of urea groups is 1. The molecule has 0 aliphatic rings. The lowest BCUT2D eigenvalue weighted by Crippen LogP contribution is -2.36. The lowest BCUT2D eigenvalue weighted by Gasteiger charge is -2.02. The van der Waals surface area contributed by atoms with Gasteiger partial charge in [0, 0.05) is 5.75 Å². The predicted molar refractivity (Wildman–Crippen MR) is 53.6 cm³/mol. The topological polar surface area (TPSA) is 67.2 Å². The Labute approximate surface area is 81.0 Å². The third kappa shape index (κ3) is 4.39. The molecule has 1 rings (SSSR count). The predicted octanol–water partition coefficient (Wildman–Crippen LogP) is 1.01. The molecule has 1 aromatic carbocycles. The molecule has 0 heterocycles. The van der Waals surface area contributed by atoms with E-state index in [0.29, 0.717) is 0 Å². The van der Waals surface area contributed by atoms with Crippen LogP contribution in [-0.2, 0) is 5.75 Å². The van der Waals surface area contributed by atoms with Crippen molar-refractivity contribution in [3.63, 3.8) is 0 Å². The van der Waals surface area contributed by atoms with Crippen LogP contribution < -0.4 is 16.0 Å². The molecule has 0 saturated carbocycles. The standard InChI is InChI=1S/C8H11N3OS/c9-8(12)10-11-13-6-7-4-2-1-3-5-7/h1-5,11H,6H2,(H3,9,10,12). The van der Waals surface area contributed by atoms with E-state index in [1.165, 1.54) is 17.5 Å². The molecule has 0 aliphatic carbocycles. The fraction of sp³-hybridized carbons (Fsp3) is 0.125. The van der Waals surface area contributed by atoms with E-state index >= 15 is 0 Å². The Bertz CT molecular complexity index is 265. The second-order valence-corrected chi connectivity index (χ2v) is 3.15. The molecule has 0 bridgehead atoms. The molecule has 0 saturated heterocycles. The normalized spacial score (nSPS) is 9.54. The highest BCUT2D eigenvalue weighted by atomic mass is 32.2. The van der Waals surface area contributed by atoms with Crippen molar-refractivity contribution in [2.24, 2.45) is 5.73 Å². The van der Waals surface area contributed by atoms with Gasteiger partial charge in [-0.15, -0.1) is 0 Å². The minimum atomic E-state index is -0.583. The maximum atomic E-state index is 10.2. The molecular formula is C8H11N3OS. The molecule has 0 unspecified atom stereocenters. The maximum absolute atomic E-state index is 10.2. The second-order valence-electron chi connectivity index (χ2n) is 2.37. The summed E-state index contributed by atoms with van der Waals surface area (Å²) in [6.45, 7) is 0. The van der Waals surface area contributed by atoms with Crippen molar-refractivity contribution < 1.29 is 4.79 Å². The fourth-order valence-electron chi connectivity index (χ4n) is 0.780. The molecule has 2 amide bonds.